The zero-order valence-electron chi connectivity index (χ0n) is 8.92. The minimum Gasteiger partial charge on any atom is -0.494 e. The van der Waals surface area contributed by atoms with Gasteiger partial charge >= 0.3 is 0 Å². The number of imidazole rings is 1. The molecule has 0 spiro atoms. The Bertz CT molecular complexity index is 505. The third kappa shape index (κ3) is 1.36. The lowest BCUT2D eigenvalue weighted by Crippen LogP contribution is -1.95. The van der Waals surface area contributed by atoms with E-state index in [4.69, 9.17) is 15.2 Å². The third-order valence-corrected chi connectivity index (χ3v) is 2.26. The van der Waals surface area contributed by atoms with E-state index in [0.29, 0.717) is 17.2 Å². The minimum absolute atomic E-state index is 0.533. The van der Waals surface area contributed by atoms with Gasteiger partial charge in [-0.05, 0) is 6.92 Å². The number of hydrogen-bond acceptors (Lipinski definition) is 4. The molecule has 5 nitrogen and oxygen atoms in total. The first kappa shape index (κ1) is 9.64. The number of aromatic nitrogens is 2. The van der Waals surface area contributed by atoms with Crippen LogP contribution in [0.25, 0.3) is 11.0 Å². The summed E-state index contributed by atoms with van der Waals surface area (Å²) in [6.45, 7) is 1.87. The van der Waals surface area contributed by atoms with Crippen molar-refractivity contribution in [1.82, 2.24) is 9.97 Å². The van der Waals surface area contributed by atoms with Gasteiger partial charge in [-0.2, -0.15) is 0 Å². The molecular weight excluding hydrogens is 194 g/mol. The molecule has 3 N–H and O–H groups in total. The summed E-state index contributed by atoms with van der Waals surface area (Å²) in [5, 5.41) is 0. The predicted octanol–water partition coefficient (Wildman–Crippen LogP) is 1.47. The van der Waals surface area contributed by atoms with Crippen LogP contribution in [0.1, 0.15) is 5.82 Å². The molecule has 0 radical (unpaired) electrons. The molecule has 5 heteroatoms. The Morgan fingerprint density at radius 3 is 2.67 bits per heavy atom. The van der Waals surface area contributed by atoms with E-state index < -0.39 is 0 Å². The molecule has 2 rings (SSSR count). The molecule has 0 saturated carbocycles. The summed E-state index contributed by atoms with van der Waals surface area (Å²) in [4.78, 5) is 7.41. The first-order chi connectivity index (χ1) is 7.17. The Labute approximate surface area is 87.2 Å². The van der Waals surface area contributed by atoms with E-state index in [2.05, 4.69) is 9.97 Å². The maximum absolute atomic E-state index is 5.83. The van der Waals surface area contributed by atoms with Crippen molar-refractivity contribution >= 4 is 16.7 Å². The van der Waals surface area contributed by atoms with Crippen molar-refractivity contribution in [3.63, 3.8) is 0 Å². The van der Waals surface area contributed by atoms with Crippen LogP contribution in [0.4, 0.5) is 5.69 Å². The average molecular weight is 207 g/mol. The average Bonchev–Trinajstić information content (AvgIpc) is 2.58. The molecule has 0 aliphatic rings. The molecule has 0 aliphatic carbocycles. The Hall–Kier alpha value is -1.91. The molecule has 0 unspecified atom stereocenters. The lowest BCUT2D eigenvalue weighted by atomic mass is 10.2. The number of nitrogen functional groups attached to an aromatic ring is 1. The van der Waals surface area contributed by atoms with Gasteiger partial charge in [0.2, 0.25) is 0 Å². The number of anilines is 1. The van der Waals surface area contributed by atoms with Gasteiger partial charge in [0.25, 0.3) is 0 Å². The maximum Gasteiger partial charge on any atom is 0.167 e. The number of nitrogens with zero attached hydrogens (tertiary/aromatic N) is 1. The number of methoxy groups -OCH3 is 2. The van der Waals surface area contributed by atoms with E-state index in [1.165, 1.54) is 0 Å². The lowest BCUT2D eigenvalue weighted by Gasteiger charge is -2.08. The van der Waals surface area contributed by atoms with Crippen molar-refractivity contribution in [2.24, 2.45) is 0 Å². The molecule has 0 fully saturated rings. The van der Waals surface area contributed by atoms with Crippen LogP contribution in [0.15, 0.2) is 6.07 Å². The SMILES string of the molecule is COc1cc(N)c(OC)c2[nH]c(C)nc12. The summed E-state index contributed by atoms with van der Waals surface area (Å²) in [5.74, 6) is 2.05. The van der Waals surface area contributed by atoms with E-state index >= 15 is 0 Å². The molecule has 0 aliphatic heterocycles. The molecule has 0 bridgehead atoms. The molecule has 2 aromatic rings. The number of hydrogen-bond donors (Lipinski definition) is 2. The van der Waals surface area contributed by atoms with Crippen LogP contribution in [-0.4, -0.2) is 24.2 Å². The van der Waals surface area contributed by atoms with Gasteiger partial charge in [0.05, 0.1) is 19.9 Å². The summed E-state index contributed by atoms with van der Waals surface area (Å²) >= 11 is 0. The summed E-state index contributed by atoms with van der Waals surface area (Å²) in [6, 6.07) is 1.71. The Morgan fingerprint density at radius 1 is 1.33 bits per heavy atom. The predicted molar refractivity (Wildman–Crippen MR) is 58.3 cm³/mol. The van der Waals surface area contributed by atoms with E-state index in [1.54, 1.807) is 20.3 Å². The first-order valence-corrected chi connectivity index (χ1v) is 4.54. The Morgan fingerprint density at radius 2 is 2.07 bits per heavy atom. The van der Waals surface area contributed by atoms with Crippen molar-refractivity contribution < 1.29 is 9.47 Å². The van der Waals surface area contributed by atoms with Gasteiger partial charge in [-0.1, -0.05) is 0 Å². The van der Waals surface area contributed by atoms with Gasteiger partial charge in [0.1, 0.15) is 22.6 Å². The molecule has 1 aromatic carbocycles. The van der Waals surface area contributed by atoms with Crippen molar-refractivity contribution in [1.29, 1.82) is 0 Å². The molecule has 0 amide bonds. The highest BCUT2D eigenvalue weighted by molar-refractivity contribution is 5.92. The zero-order valence-corrected chi connectivity index (χ0v) is 8.92. The van der Waals surface area contributed by atoms with Gasteiger partial charge in [-0.3, -0.25) is 0 Å². The number of ether oxygens (including phenoxy) is 2. The highest BCUT2D eigenvalue weighted by Gasteiger charge is 2.14. The smallest absolute Gasteiger partial charge is 0.167 e. The van der Waals surface area contributed by atoms with Crippen LogP contribution in [0, 0.1) is 6.92 Å². The number of H-pyrrole nitrogens is 1. The van der Waals surface area contributed by atoms with Crippen LogP contribution in [0.2, 0.25) is 0 Å². The van der Waals surface area contributed by atoms with Gasteiger partial charge in [-0.25, -0.2) is 4.98 Å². The summed E-state index contributed by atoms with van der Waals surface area (Å²) < 4.78 is 10.4. The van der Waals surface area contributed by atoms with E-state index in [-0.39, 0.29) is 0 Å². The van der Waals surface area contributed by atoms with Gasteiger partial charge in [0.15, 0.2) is 5.75 Å². The first-order valence-electron chi connectivity index (χ1n) is 4.54. The molecule has 1 aromatic heterocycles. The van der Waals surface area contributed by atoms with Crippen LogP contribution in [-0.2, 0) is 0 Å². The molecule has 1 heterocycles. The minimum atomic E-state index is 0.533. The number of aromatic amines is 1. The maximum atomic E-state index is 5.83. The number of nitrogens with one attached hydrogen (secondary N) is 1. The van der Waals surface area contributed by atoms with E-state index in [9.17, 15) is 0 Å². The van der Waals surface area contributed by atoms with Crippen LogP contribution in [0.3, 0.4) is 0 Å². The molecule has 0 saturated heterocycles. The Kier molecular flexibility index (Phi) is 2.15. The number of fused-ring (bicyclic) bond motifs is 1. The third-order valence-electron chi connectivity index (χ3n) is 2.26. The fourth-order valence-corrected chi connectivity index (χ4v) is 1.63. The number of aryl methyl sites for hydroxylation is 1. The van der Waals surface area contributed by atoms with Crippen molar-refractivity contribution in [3.8, 4) is 11.5 Å². The fraction of sp³-hybridized carbons (Fsp3) is 0.300. The monoisotopic (exact) mass is 207 g/mol. The zero-order chi connectivity index (χ0) is 11.0. The largest absolute Gasteiger partial charge is 0.494 e. The van der Waals surface area contributed by atoms with Crippen LogP contribution >= 0.6 is 0 Å². The Balaban J connectivity index is 2.85. The van der Waals surface area contributed by atoms with Crippen molar-refractivity contribution in [3.05, 3.63) is 11.9 Å². The fourth-order valence-electron chi connectivity index (χ4n) is 1.63. The number of nitrogens with two attached hydrogens (primary N) is 1. The number of rotatable bonds is 2. The normalized spacial score (nSPS) is 10.6. The highest BCUT2D eigenvalue weighted by atomic mass is 16.5. The van der Waals surface area contributed by atoms with E-state index in [1.807, 2.05) is 6.92 Å². The van der Waals surface area contributed by atoms with Crippen LogP contribution in [0.5, 0.6) is 11.5 Å². The van der Waals surface area contributed by atoms with Crippen molar-refractivity contribution in [2.75, 3.05) is 20.0 Å². The number of benzene rings is 1. The standard InChI is InChI=1S/C10H13N3O2/c1-5-12-8-7(14-2)4-6(11)10(15-3)9(8)13-5/h4H,11H2,1-3H3,(H,12,13). The summed E-state index contributed by atoms with van der Waals surface area (Å²) in [6.07, 6.45) is 0. The van der Waals surface area contributed by atoms with Gasteiger partial charge < -0.3 is 20.2 Å². The quantitative estimate of drug-likeness (QED) is 0.731. The topological polar surface area (TPSA) is 73.2 Å². The van der Waals surface area contributed by atoms with Gasteiger partial charge in [0, 0.05) is 6.07 Å². The molecule has 15 heavy (non-hydrogen) atoms. The summed E-state index contributed by atoms with van der Waals surface area (Å²) in [5.41, 5.74) is 7.87. The molecular formula is C10H13N3O2. The second kappa shape index (κ2) is 3.34. The van der Waals surface area contributed by atoms with Crippen LogP contribution < -0.4 is 15.2 Å². The second-order valence-electron chi connectivity index (χ2n) is 3.25. The molecule has 80 valence electrons. The molecule has 0 atom stereocenters. The van der Waals surface area contributed by atoms with Crippen molar-refractivity contribution in [2.45, 2.75) is 6.92 Å². The van der Waals surface area contributed by atoms with Gasteiger partial charge in [-0.15, -0.1) is 0 Å². The lowest BCUT2D eigenvalue weighted by molar-refractivity contribution is 0.411. The second-order valence-corrected chi connectivity index (χ2v) is 3.25. The summed E-state index contributed by atoms with van der Waals surface area (Å²) in [7, 11) is 3.17. The highest BCUT2D eigenvalue weighted by Crippen LogP contribution is 2.36. The van der Waals surface area contributed by atoms with E-state index in [0.717, 1.165) is 16.9 Å².